The van der Waals surface area contributed by atoms with Gasteiger partial charge in [-0.05, 0) is 38.0 Å². The minimum absolute atomic E-state index is 1.09. The standard InChI is InChI=1S/C14H26/c1-4-5-6-7-8-9-10-11-12-13-14(2)3/h9-10H,1,4-8,11-13H2,2-3H3. The summed E-state index contributed by atoms with van der Waals surface area (Å²) in [7, 11) is 0. The topological polar surface area (TPSA) is 0 Å². The van der Waals surface area contributed by atoms with Crippen molar-refractivity contribution in [3.05, 3.63) is 25.0 Å². The number of hydrogen-bond acceptors (Lipinski definition) is 0. The highest BCUT2D eigenvalue weighted by atomic mass is 14.0. The summed E-state index contributed by atoms with van der Waals surface area (Å²) in [5, 5.41) is 0. The number of allylic oxidation sites excluding steroid dienone is 2. The molecule has 0 saturated heterocycles. The summed E-state index contributed by atoms with van der Waals surface area (Å²) in [6.07, 6.45) is 14.9. The third kappa shape index (κ3) is 11.7. The lowest BCUT2D eigenvalue weighted by molar-refractivity contribution is 0.692. The Labute approximate surface area is 90.8 Å². The molecule has 0 aliphatic rings. The molecule has 0 saturated carbocycles. The SMILES string of the molecule is [CH2]CCCCCC=CCCC[C](C)C. The summed E-state index contributed by atoms with van der Waals surface area (Å²) >= 11 is 0. The van der Waals surface area contributed by atoms with Crippen LogP contribution in [0.5, 0.6) is 0 Å². The van der Waals surface area contributed by atoms with Crippen molar-refractivity contribution in [3.8, 4) is 0 Å². The first kappa shape index (κ1) is 13.7. The van der Waals surface area contributed by atoms with Gasteiger partial charge in [-0.3, -0.25) is 0 Å². The Morgan fingerprint density at radius 2 is 1.57 bits per heavy atom. The first-order valence-corrected chi connectivity index (χ1v) is 6.00. The van der Waals surface area contributed by atoms with Crippen molar-refractivity contribution in [2.75, 3.05) is 0 Å². The van der Waals surface area contributed by atoms with Crippen molar-refractivity contribution >= 4 is 0 Å². The lowest BCUT2D eigenvalue weighted by Gasteiger charge is -2.00. The molecular weight excluding hydrogens is 168 g/mol. The third-order valence-corrected chi connectivity index (χ3v) is 2.34. The van der Waals surface area contributed by atoms with E-state index in [2.05, 4.69) is 32.9 Å². The van der Waals surface area contributed by atoms with Crippen LogP contribution in [-0.2, 0) is 0 Å². The molecule has 0 aromatic rings. The fraction of sp³-hybridized carbons (Fsp3) is 0.714. The van der Waals surface area contributed by atoms with Gasteiger partial charge >= 0.3 is 0 Å². The molecule has 2 radical (unpaired) electrons. The first-order chi connectivity index (χ1) is 6.77. The van der Waals surface area contributed by atoms with Crippen LogP contribution in [0, 0.1) is 12.8 Å². The summed E-state index contributed by atoms with van der Waals surface area (Å²) < 4.78 is 0. The molecule has 0 N–H and O–H groups in total. The van der Waals surface area contributed by atoms with Gasteiger partial charge in [0, 0.05) is 0 Å². The van der Waals surface area contributed by atoms with Crippen LogP contribution in [0.2, 0.25) is 0 Å². The van der Waals surface area contributed by atoms with E-state index in [1.807, 2.05) is 0 Å². The third-order valence-electron chi connectivity index (χ3n) is 2.34. The fourth-order valence-corrected chi connectivity index (χ4v) is 1.42. The van der Waals surface area contributed by atoms with Gasteiger partial charge in [0.25, 0.3) is 0 Å². The minimum Gasteiger partial charge on any atom is -0.0885 e. The van der Waals surface area contributed by atoms with E-state index in [0.29, 0.717) is 0 Å². The molecule has 0 aromatic heterocycles. The van der Waals surface area contributed by atoms with Crippen LogP contribution in [0.3, 0.4) is 0 Å². The maximum atomic E-state index is 3.84. The second kappa shape index (κ2) is 10.8. The second-order valence-corrected chi connectivity index (χ2v) is 4.27. The van der Waals surface area contributed by atoms with Crippen molar-refractivity contribution in [2.45, 2.75) is 65.2 Å². The highest BCUT2D eigenvalue weighted by Crippen LogP contribution is 2.09. The van der Waals surface area contributed by atoms with E-state index in [-0.39, 0.29) is 0 Å². The van der Waals surface area contributed by atoms with Crippen LogP contribution in [-0.4, -0.2) is 0 Å². The van der Waals surface area contributed by atoms with Gasteiger partial charge in [-0.1, -0.05) is 52.2 Å². The van der Waals surface area contributed by atoms with Gasteiger partial charge in [0.15, 0.2) is 0 Å². The lowest BCUT2D eigenvalue weighted by Crippen LogP contribution is -1.82. The van der Waals surface area contributed by atoms with Gasteiger partial charge in [0.05, 0.1) is 0 Å². The van der Waals surface area contributed by atoms with Crippen LogP contribution < -0.4 is 0 Å². The zero-order chi connectivity index (χ0) is 10.6. The molecule has 0 rings (SSSR count). The Morgan fingerprint density at radius 3 is 2.14 bits per heavy atom. The lowest BCUT2D eigenvalue weighted by atomic mass is 10.1. The average molecular weight is 194 g/mol. The monoisotopic (exact) mass is 194 g/mol. The van der Waals surface area contributed by atoms with Crippen molar-refractivity contribution in [1.29, 1.82) is 0 Å². The minimum atomic E-state index is 1.09. The Hall–Kier alpha value is -0.260. The Balaban J connectivity index is 3.04. The average Bonchev–Trinajstić information content (AvgIpc) is 2.15. The summed E-state index contributed by atoms with van der Waals surface area (Å²) in [6.45, 7) is 8.26. The number of rotatable bonds is 9. The summed E-state index contributed by atoms with van der Waals surface area (Å²) in [4.78, 5) is 0. The molecule has 0 heteroatoms. The van der Waals surface area contributed by atoms with E-state index < -0.39 is 0 Å². The summed E-state index contributed by atoms with van der Waals surface area (Å²) in [5.74, 6) is 1.55. The Bertz CT molecular complexity index is 122. The van der Waals surface area contributed by atoms with E-state index in [4.69, 9.17) is 0 Å². The van der Waals surface area contributed by atoms with Crippen molar-refractivity contribution in [3.63, 3.8) is 0 Å². The molecule has 0 amide bonds. The van der Waals surface area contributed by atoms with Gasteiger partial charge in [-0.25, -0.2) is 0 Å². The van der Waals surface area contributed by atoms with Crippen molar-refractivity contribution in [2.24, 2.45) is 0 Å². The number of unbranched alkanes of at least 4 members (excludes halogenated alkanes) is 5. The second-order valence-electron chi connectivity index (χ2n) is 4.27. The molecule has 0 aliphatic heterocycles. The molecule has 0 aromatic carbocycles. The van der Waals surface area contributed by atoms with Gasteiger partial charge in [0.2, 0.25) is 0 Å². The van der Waals surface area contributed by atoms with Gasteiger partial charge in [-0.2, -0.15) is 0 Å². The van der Waals surface area contributed by atoms with E-state index in [1.165, 1.54) is 44.9 Å². The van der Waals surface area contributed by atoms with E-state index >= 15 is 0 Å². The molecule has 0 nitrogen and oxygen atoms in total. The molecular formula is C14H26. The fourth-order valence-electron chi connectivity index (χ4n) is 1.42. The van der Waals surface area contributed by atoms with Crippen LogP contribution in [0.1, 0.15) is 65.2 Å². The molecule has 82 valence electrons. The Morgan fingerprint density at radius 1 is 0.929 bits per heavy atom. The summed E-state index contributed by atoms with van der Waals surface area (Å²) in [5.41, 5.74) is 0. The van der Waals surface area contributed by atoms with Crippen LogP contribution in [0.4, 0.5) is 0 Å². The zero-order valence-electron chi connectivity index (χ0n) is 10.0. The maximum Gasteiger partial charge on any atom is -0.0303 e. The van der Waals surface area contributed by atoms with E-state index in [1.54, 1.807) is 5.92 Å². The predicted molar refractivity (Wildman–Crippen MR) is 66.0 cm³/mol. The highest BCUT2D eigenvalue weighted by Gasteiger charge is 1.91. The predicted octanol–water partition coefficient (Wildman–Crippen LogP) is 5.11. The van der Waals surface area contributed by atoms with Gasteiger partial charge < -0.3 is 0 Å². The van der Waals surface area contributed by atoms with Crippen molar-refractivity contribution in [1.82, 2.24) is 0 Å². The van der Waals surface area contributed by atoms with Gasteiger partial charge in [0.1, 0.15) is 0 Å². The molecule has 0 unspecified atom stereocenters. The molecule has 0 bridgehead atoms. The molecule has 14 heavy (non-hydrogen) atoms. The smallest absolute Gasteiger partial charge is 0.0303 e. The number of hydrogen-bond donors (Lipinski definition) is 0. The molecule has 0 heterocycles. The largest absolute Gasteiger partial charge is 0.0885 e. The van der Waals surface area contributed by atoms with Gasteiger partial charge in [-0.15, -0.1) is 0 Å². The van der Waals surface area contributed by atoms with Crippen LogP contribution >= 0.6 is 0 Å². The zero-order valence-corrected chi connectivity index (χ0v) is 10.0. The molecule has 0 aliphatic carbocycles. The molecule has 0 atom stereocenters. The van der Waals surface area contributed by atoms with Crippen molar-refractivity contribution < 1.29 is 0 Å². The van der Waals surface area contributed by atoms with E-state index in [9.17, 15) is 0 Å². The van der Waals surface area contributed by atoms with Crippen LogP contribution in [0.25, 0.3) is 0 Å². The molecule has 0 spiro atoms. The van der Waals surface area contributed by atoms with E-state index in [0.717, 1.165) is 6.42 Å². The summed E-state index contributed by atoms with van der Waals surface area (Å²) in [6, 6.07) is 0. The quantitative estimate of drug-likeness (QED) is 0.353. The maximum absolute atomic E-state index is 3.84. The Kier molecular flexibility index (Phi) is 10.6. The normalized spacial score (nSPS) is 11.7. The molecule has 0 fully saturated rings. The first-order valence-electron chi connectivity index (χ1n) is 6.00. The highest BCUT2D eigenvalue weighted by molar-refractivity contribution is 4.84. The van der Waals surface area contributed by atoms with Crippen LogP contribution in [0.15, 0.2) is 12.2 Å².